The first-order valence-electron chi connectivity index (χ1n) is 9.90. The highest BCUT2D eigenvalue weighted by molar-refractivity contribution is 5.35. The standard InChI is InChI=1S/C23H31NO2/c1-3-23(25,20-12-14-21(15-13-20)26-4-2)22(18-24-16-8-9-17-24)19-10-6-5-7-11-19/h5-7,10-15,22,25H,3-4,8-9,16-18H2,1-2H3. The topological polar surface area (TPSA) is 32.7 Å². The molecular formula is C23H31NO2. The van der Waals surface area contributed by atoms with Gasteiger partial charge in [-0.2, -0.15) is 0 Å². The van der Waals surface area contributed by atoms with Crippen LogP contribution in [0.15, 0.2) is 54.6 Å². The minimum absolute atomic E-state index is 0.0461. The van der Waals surface area contributed by atoms with Gasteiger partial charge in [-0.3, -0.25) is 0 Å². The molecule has 0 spiro atoms. The van der Waals surface area contributed by atoms with Crippen molar-refractivity contribution in [3.63, 3.8) is 0 Å². The van der Waals surface area contributed by atoms with Crippen LogP contribution in [-0.2, 0) is 5.60 Å². The number of hydrogen-bond acceptors (Lipinski definition) is 3. The molecule has 1 fully saturated rings. The normalized spacial score (nSPS) is 18.4. The molecule has 3 heteroatoms. The first kappa shape index (κ1) is 18.9. The predicted molar refractivity (Wildman–Crippen MR) is 107 cm³/mol. The summed E-state index contributed by atoms with van der Waals surface area (Å²) >= 11 is 0. The summed E-state index contributed by atoms with van der Waals surface area (Å²) < 4.78 is 5.57. The van der Waals surface area contributed by atoms with Crippen LogP contribution in [0.25, 0.3) is 0 Å². The second-order valence-electron chi connectivity index (χ2n) is 7.21. The van der Waals surface area contributed by atoms with Crippen molar-refractivity contribution < 1.29 is 9.84 Å². The second-order valence-corrected chi connectivity index (χ2v) is 7.21. The minimum atomic E-state index is -0.894. The zero-order valence-corrected chi connectivity index (χ0v) is 16.0. The largest absolute Gasteiger partial charge is 0.494 e. The summed E-state index contributed by atoms with van der Waals surface area (Å²) in [6.45, 7) is 7.87. The third-order valence-corrected chi connectivity index (χ3v) is 5.62. The Morgan fingerprint density at radius 1 is 1.00 bits per heavy atom. The van der Waals surface area contributed by atoms with Gasteiger partial charge in [0, 0.05) is 12.5 Å². The highest BCUT2D eigenvalue weighted by Gasteiger charge is 2.39. The molecule has 1 saturated heterocycles. The van der Waals surface area contributed by atoms with E-state index >= 15 is 0 Å². The monoisotopic (exact) mass is 353 g/mol. The van der Waals surface area contributed by atoms with Gasteiger partial charge in [0.1, 0.15) is 5.75 Å². The van der Waals surface area contributed by atoms with Crippen molar-refractivity contribution in [1.29, 1.82) is 0 Å². The molecule has 1 aliphatic heterocycles. The van der Waals surface area contributed by atoms with E-state index in [4.69, 9.17) is 4.74 Å². The lowest BCUT2D eigenvalue weighted by Crippen LogP contribution is -2.40. The van der Waals surface area contributed by atoms with Crippen molar-refractivity contribution in [2.45, 2.75) is 44.6 Å². The number of ether oxygens (including phenoxy) is 1. The van der Waals surface area contributed by atoms with E-state index in [1.807, 2.05) is 37.3 Å². The molecule has 0 amide bonds. The van der Waals surface area contributed by atoms with Crippen LogP contribution < -0.4 is 4.74 Å². The maximum absolute atomic E-state index is 11.8. The SMILES string of the molecule is CCOc1ccc(C(O)(CC)C(CN2CCCC2)c2ccccc2)cc1. The molecule has 1 aliphatic rings. The molecule has 0 bridgehead atoms. The summed E-state index contributed by atoms with van der Waals surface area (Å²) in [4.78, 5) is 2.49. The van der Waals surface area contributed by atoms with Crippen LogP contribution in [-0.4, -0.2) is 36.2 Å². The molecule has 1 N–H and O–H groups in total. The van der Waals surface area contributed by atoms with Gasteiger partial charge in [-0.1, -0.05) is 49.4 Å². The number of aliphatic hydroxyl groups is 1. The van der Waals surface area contributed by atoms with E-state index in [9.17, 15) is 5.11 Å². The summed E-state index contributed by atoms with van der Waals surface area (Å²) in [6.07, 6.45) is 3.19. The highest BCUT2D eigenvalue weighted by atomic mass is 16.5. The number of nitrogens with zero attached hydrogens (tertiary/aromatic N) is 1. The predicted octanol–water partition coefficient (Wildman–Crippen LogP) is 4.56. The minimum Gasteiger partial charge on any atom is -0.494 e. The van der Waals surface area contributed by atoms with Crippen LogP contribution in [0.3, 0.4) is 0 Å². The van der Waals surface area contributed by atoms with Crippen LogP contribution in [0.5, 0.6) is 5.75 Å². The average Bonchev–Trinajstić information content (AvgIpc) is 3.20. The molecule has 1 heterocycles. The Bertz CT molecular complexity index is 664. The summed E-state index contributed by atoms with van der Waals surface area (Å²) in [5.41, 5.74) is 1.28. The van der Waals surface area contributed by atoms with E-state index in [1.54, 1.807) is 0 Å². The molecule has 0 aliphatic carbocycles. The fraction of sp³-hybridized carbons (Fsp3) is 0.478. The first-order valence-corrected chi connectivity index (χ1v) is 9.90. The third kappa shape index (κ3) is 4.11. The molecule has 3 rings (SSSR count). The Kier molecular flexibility index (Phi) is 6.33. The smallest absolute Gasteiger partial charge is 0.119 e. The van der Waals surface area contributed by atoms with Crippen LogP contribution in [0.2, 0.25) is 0 Å². The first-order chi connectivity index (χ1) is 12.7. The molecule has 0 saturated carbocycles. The summed E-state index contributed by atoms with van der Waals surface area (Å²) in [7, 11) is 0. The molecule has 2 unspecified atom stereocenters. The van der Waals surface area contributed by atoms with Crippen molar-refractivity contribution >= 4 is 0 Å². The van der Waals surface area contributed by atoms with Crippen molar-refractivity contribution in [2.24, 2.45) is 0 Å². The van der Waals surface area contributed by atoms with E-state index in [2.05, 4.69) is 36.1 Å². The summed E-state index contributed by atoms with van der Waals surface area (Å²) in [5, 5.41) is 11.8. The van der Waals surface area contributed by atoms with Gasteiger partial charge in [0.15, 0.2) is 0 Å². The fourth-order valence-electron chi connectivity index (χ4n) is 4.10. The van der Waals surface area contributed by atoms with Crippen LogP contribution >= 0.6 is 0 Å². The zero-order valence-electron chi connectivity index (χ0n) is 16.0. The summed E-state index contributed by atoms with van der Waals surface area (Å²) in [5.74, 6) is 0.898. The van der Waals surface area contributed by atoms with Crippen molar-refractivity contribution in [3.8, 4) is 5.75 Å². The van der Waals surface area contributed by atoms with Gasteiger partial charge in [-0.05, 0) is 62.5 Å². The molecule has 2 aromatic rings. The van der Waals surface area contributed by atoms with E-state index < -0.39 is 5.60 Å². The van der Waals surface area contributed by atoms with E-state index in [-0.39, 0.29) is 5.92 Å². The number of benzene rings is 2. The number of rotatable bonds is 8. The molecular weight excluding hydrogens is 322 g/mol. The van der Waals surface area contributed by atoms with Gasteiger partial charge in [-0.15, -0.1) is 0 Å². The van der Waals surface area contributed by atoms with Gasteiger partial charge < -0.3 is 14.7 Å². The quantitative estimate of drug-likeness (QED) is 0.755. The molecule has 140 valence electrons. The Morgan fingerprint density at radius 2 is 1.65 bits per heavy atom. The average molecular weight is 354 g/mol. The van der Waals surface area contributed by atoms with Gasteiger partial charge in [-0.25, -0.2) is 0 Å². The Balaban J connectivity index is 1.94. The van der Waals surface area contributed by atoms with Crippen LogP contribution in [0, 0.1) is 0 Å². The molecule has 2 atom stereocenters. The van der Waals surface area contributed by atoms with E-state index in [1.165, 1.54) is 18.4 Å². The Morgan fingerprint density at radius 3 is 2.23 bits per heavy atom. The Labute approximate surface area is 157 Å². The lowest BCUT2D eigenvalue weighted by atomic mass is 9.75. The van der Waals surface area contributed by atoms with Gasteiger partial charge in [0.05, 0.1) is 12.2 Å². The number of likely N-dealkylation sites (tertiary alicyclic amines) is 1. The summed E-state index contributed by atoms with van der Waals surface area (Å²) in [6, 6.07) is 18.5. The third-order valence-electron chi connectivity index (χ3n) is 5.62. The molecule has 26 heavy (non-hydrogen) atoms. The van der Waals surface area contributed by atoms with Crippen molar-refractivity contribution in [1.82, 2.24) is 4.90 Å². The van der Waals surface area contributed by atoms with Gasteiger partial charge in [0.25, 0.3) is 0 Å². The lowest BCUT2D eigenvalue weighted by molar-refractivity contribution is -0.00677. The van der Waals surface area contributed by atoms with Crippen molar-refractivity contribution in [2.75, 3.05) is 26.2 Å². The maximum Gasteiger partial charge on any atom is 0.119 e. The van der Waals surface area contributed by atoms with Gasteiger partial charge >= 0.3 is 0 Å². The zero-order chi connectivity index (χ0) is 18.4. The molecule has 0 aromatic heterocycles. The maximum atomic E-state index is 11.8. The molecule has 0 radical (unpaired) electrons. The fourth-order valence-corrected chi connectivity index (χ4v) is 4.10. The number of hydrogen-bond donors (Lipinski definition) is 1. The molecule has 3 nitrogen and oxygen atoms in total. The van der Waals surface area contributed by atoms with Crippen LogP contribution in [0.1, 0.15) is 50.2 Å². The molecule has 2 aromatic carbocycles. The van der Waals surface area contributed by atoms with E-state index in [0.29, 0.717) is 13.0 Å². The van der Waals surface area contributed by atoms with E-state index in [0.717, 1.165) is 30.9 Å². The second kappa shape index (κ2) is 8.70. The van der Waals surface area contributed by atoms with Gasteiger partial charge in [0.2, 0.25) is 0 Å². The van der Waals surface area contributed by atoms with Crippen LogP contribution in [0.4, 0.5) is 0 Å². The van der Waals surface area contributed by atoms with Crippen molar-refractivity contribution in [3.05, 3.63) is 65.7 Å². The lowest BCUT2D eigenvalue weighted by Gasteiger charge is -2.38. The Hall–Kier alpha value is -1.84. The highest BCUT2D eigenvalue weighted by Crippen LogP contribution is 2.41.